The molecule has 2 atom stereocenters. The molecule has 0 aliphatic heterocycles. The van der Waals surface area contributed by atoms with Crippen LogP contribution in [0.25, 0.3) is 0 Å². The van der Waals surface area contributed by atoms with Gasteiger partial charge in [0, 0.05) is 5.41 Å². The third-order valence-corrected chi connectivity index (χ3v) is 2.82. The van der Waals surface area contributed by atoms with Crippen LogP contribution in [0.15, 0.2) is 12.2 Å². The van der Waals surface area contributed by atoms with Gasteiger partial charge in [0.2, 0.25) is 0 Å². The Morgan fingerprint density at radius 2 is 2.43 bits per heavy atom. The van der Waals surface area contributed by atoms with Gasteiger partial charge in [0.15, 0.2) is 0 Å². The van der Waals surface area contributed by atoms with Gasteiger partial charge in [-0.15, -0.1) is 0 Å². The molecular formula is C11H18O3. The molecule has 0 fully saturated rings. The summed E-state index contributed by atoms with van der Waals surface area (Å²) in [6.45, 7) is 3.05. The van der Waals surface area contributed by atoms with Gasteiger partial charge in [0.05, 0.1) is 12.7 Å². The molecule has 3 nitrogen and oxygen atoms in total. The lowest BCUT2D eigenvalue weighted by Gasteiger charge is -2.29. The first-order valence-corrected chi connectivity index (χ1v) is 5.06. The lowest BCUT2D eigenvalue weighted by atomic mass is 9.79. The van der Waals surface area contributed by atoms with Crippen molar-refractivity contribution in [2.45, 2.75) is 38.7 Å². The van der Waals surface area contributed by atoms with Crippen molar-refractivity contribution in [3.8, 4) is 0 Å². The molecule has 1 aliphatic carbocycles. The first-order chi connectivity index (χ1) is 6.66. The topological polar surface area (TPSA) is 46.5 Å². The highest BCUT2D eigenvalue weighted by atomic mass is 16.5. The first-order valence-electron chi connectivity index (χ1n) is 5.06. The lowest BCUT2D eigenvalue weighted by molar-refractivity contribution is -0.132. The van der Waals surface area contributed by atoms with E-state index in [1.807, 2.05) is 12.2 Å². The maximum atomic E-state index is 10.1. The molecule has 0 saturated heterocycles. The number of aliphatic hydroxyl groups excluding tert-OH is 1. The Balaban J connectivity index is 2.51. The average molecular weight is 198 g/mol. The molecule has 0 saturated carbocycles. The van der Waals surface area contributed by atoms with E-state index in [0.29, 0.717) is 13.1 Å². The molecule has 80 valence electrons. The number of aliphatic hydroxyl groups is 1. The molecule has 1 aliphatic rings. The van der Waals surface area contributed by atoms with E-state index < -0.39 is 0 Å². The van der Waals surface area contributed by atoms with Crippen LogP contribution in [0.4, 0.5) is 0 Å². The minimum absolute atomic E-state index is 0.0205. The third-order valence-electron chi connectivity index (χ3n) is 2.82. The third kappa shape index (κ3) is 3.50. The van der Waals surface area contributed by atoms with Crippen molar-refractivity contribution in [1.82, 2.24) is 0 Å². The molecule has 0 heterocycles. The number of hydrogen-bond acceptors (Lipinski definition) is 3. The average Bonchev–Trinajstić information content (AvgIpc) is 2.17. The second-order valence-electron chi connectivity index (χ2n) is 4.29. The maximum absolute atomic E-state index is 10.1. The van der Waals surface area contributed by atoms with E-state index >= 15 is 0 Å². The zero-order chi connectivity index (χ0) is 10.4. The van der Waals surface area contributed by atoms with Crippen LogP contribution in [0, 0.1) is 5.41 Å². The van der Waals surface area contributed by atoms with Crippen LogP contribution in [-0.4, -0.2) is 24.3 Å². The SMILES string of the molecule is C[C@]1(COC=O)CC/C=C/C(O)CC1. The number of carbonyl (C=O) groups is 1. The molecular weight excluding hydrogens is 180 g/mol. The van der Waals surface area contributed by atoms with Gasteiger partial charge < -0.3 is 9.84 Å². The number of ether oxygens (including phenoxy) is 1. The minimum atomic E-state index is -0.342. The first kappa shape index (κ1) is 11.2. The summed E-state index contributed by atoms with van der Waals surface area (Å²) in [5.74, 6) is 0. The summed E-state index contributed by atoms with van der Waals surface area (Å²) in [5, 5.41) is 9.47. The Kier molecular flexibility index (Phi) is 4.14. The fourth-order valence-electron chi connectivity index (χ4n) is 1.78. The summed E-state index contributed by atoms with van der Waals surface area (Å²) in [5.41, 5.74) is 0.0205. The predicted molar refractivity (Wildman–Crippen MR) is 53.7 cm³/mol. The van der Waals surface area contributed by atoms with E-state index in [1.165, 1.54) is 0 Å². The van der Waals surface area contributed by atoms with Crippen LogP contribution in [0.1, 0.15) is 32.6 Å². The molecule has 0 bridgehead atoms. The van der Waals surface area contributed by atoms with Crippen molar-refractivity contribution in [3.63, 3.8) is 0 Å². The summed E-state index contributed by atoms with van der Waals surface area (Å²) in [7, 11) is 0. The number of hydrogen-bond donors (Lipinski definition) is 1. The monoisotopic (exact) mass is 198 g/mol. The summed E-state index contributed by atoms with van der Waals surface area (Å²) in [4.78, 5) is 10.1. The summed E-state index contributed by atoms with van der Waals surface area (Å²) < 4.78 is 4.82. The predicted octanol–water partition coefficient (Wildman–Crippen LogP) is 1.66. The van der Waals surface area contributed by atoms with Crippen LogP contribution in [0.5, 0.6) is 0 Å². The summed E-state index contributed by atoms with van der Waals surface area (Å²) >= 11 is 0. The molecule has 0 aromatic rings. The zero-order valence-electron chi connectivity index (χ0n) is 8.61. The molecule has 0 spiro atoms. The van der Waals surface area contributed by atoms with Gasteiger partial charge >= 0.3 is 0 Å². The molecule has 0 aromatic heterocycles. The van der Waals surface area contributed by atoms with Crippen molar-refractivity contribution in [2.24, 2.45) is 5.41 Å². The smallest absolute Gasteiger partial charge is 0.293 e. The molecule has 3 heteroatoms. The Morgan fingerprint density at radius 3 is 3.14 bits per heavy atom. The summed E-state index contributed by atoms with van der Waals surface area (Å²) in [6, 6.07) is 0. The number of rotatable bonds is 3. The standard InChI is InChI=1S/C11H18O3/c1-11(8-14-9-12)6-3-2-4-10(13)5-7-11/h2,4,9-10,13H,3,5-8H2,1H3/b4-2+/t10?,11-/m0/s1. The van der Waals surface area contributed by atoms with Crippen LogP contribution in [0.2, 0.25) is 0 Å². The van der Waals surface area contributed by atoms with Gasteiger partial charge in [-0.3, -0.25) is 4.79 Å². The molecule has 0 amide bonds. The van der Waals surface area contributed by atoms with E-state index in [9.17, 15) is 9.90 Å². The Morgan fingerprint density at radius 1 is 1.64 bits per heavy atom. The van der Waals surface area contributed by atoms with E-state index in [2.05, 4.69) is 6.92 Å². The van der Waals surface area contributed by atoms with E-state index in [1.54, 1.807) is 0 Å². The Labute approximate surface area is 84.8 Å². The van der Waals surface area contributed by atoms with E-state index in [4.69, 9.17) is 4.74 Å². The van der Waals surface area contributed by atoms with E-state index in [-0.39, 0.29) is 11.5 Å². The van der Waals surface area contributed by atoms with Gasteiger partial charge in [0.25, 0.3) is 6.47 Å². The van der Waals surface area contributed by atoms with Crippen molar-refractivity contribution in [2.75, 3.05) is 6.61 Å². The second kappa shape index (κ2) is 5.15. The van der Waals surface area contributed by atoms with Gasteiger partial charge in [-0.1, -0.05) is 19.1 Å². The molecule has 14 heavy (non-hydrogen) atoms. The molecule has 0 radical (unpaired) electrons. The number of allylic oxidation sites excluding steroid dienone is 1. The van der Waals surface area contributed by atoms with Crippen molar-refractivity contribution < 1.29 is 14.6 Å². The van der Waals surface area contributed by atoms with Gasteiger partial charge in [-0.2, -0.15) is 0 Å². The van der Waals surface area contributed by atoms with Gasteiger partial charge in [0.1, 0.15) is 0 Å². The van der Waals surface area contributed by atoms with Crippen LogP contribution >= 0.6 is 0 Å². The fraction of sp³-hybridized carbons (Fsp3) is 0.727. The molecule has 1 unspecified atom stereocenters. The van der Waals surface area contributed by atoms with Crippen molar-refractivity contribution in [3.05, 3.63) is 12.2 Å². The normalized spacial score (nSPS) is 35.4. The summed E-state index contributed by atoms with van der Waals surface area (Å²) in [6.07, 6.45) is 7.09. The van der Waals surface area contributed by atoms with Crippen molar-refractivity contribution >= 4 is 6.47 Å². The van der Waals surface area contributed by atoms with Gasteiger partial charge in [-0.05, 0) is 25.7 Å². The highest BCUT2D eigenvalue weighted by Crippen LogP contribution is 2.31. The van der Waals surface area contributed by atoms with E-state index in [0.717, 1.165) is 25.7 Å². The number of carbonyl (C=O) groups excluding carboxylic acids is 1. The second-order valence-corrected chi connectivity index (χ2v) is 4.29. The maximum Gasteiger partial charge on any atom is 0.293 e. The Hall–Kier alpha value is -0.830. The van der Waals surface area contributed by atoms with Crippen LogP contribution < -0.4 is 0 Å². The molecule has 1 rings (SSSR count). The molecule has 1 N–H and O–H groups in total. The van der Waals surface area contributed by atoms with Gasteiger partial charge in [-0.25, -0.2) is 0 Å². The van der Waals surface area contributed by atoms with Crippen LogP contribution in [0.3, 0.4) is 0 Å². The van der Waals surface area contributed by atoms with Crippen molar-refractivity contribution in [1.29, 1.82) is 0 Å². The quantitative estimate of drug-likeness (QED) is 0.554. The lowest BCUT2D eigenvalue weighted by Crippen LogP contribution is -2.25. The fourth-order valence-corrected chi connectivity index (χ4v) is 1.78. The highest BCUT2D eigenvalue weighted by Gasteiger charge is 2.26. The largest absolute Gasteiger partial charge is 0.467 e. The Bertz CT molecular complexity index is 213. The molecule has 0 aromatic carbocycles. The minimum Gasteiger partial charge on any atom is -0.467 e. The zero-order valence-corrected chi connectivity index (χ0v) is 8.61. The van der Waals surface area contributed by atoms with Crippen LogP contribution in [-0.2, 0) is 9.53 Å². The highest BCUT2D eigenvalue weighted by molar-refractivity contribution is 5.37.